The summed E-state index contributed by atoms with van der Waals surface area (Å²) in [6.45, 7) is 1.15. The maximum absolute atomic E-state index is 12.0. The predicted molar refractivity (Wildman–Crippen MR) is 86.8 cm³/mol. The van der Waals surface area contributed by atoms with Crippen molar-refractivity contribution in [1.29, 1.82) is 0 Å². The lowest BCUT2D eigenvalue weighted by Crippen LogP contribution is -2.28. The Morgan fingerprint density at radius 3 is 3.30 bits per heavy atom. The van der Waals surface area contributed by atoms with E-state index in [9.17, 15) is 4.79 Å². The normalized spacial score (nSPS) is 17.7. The first-order chi connectivity index (χ1) is 11.3. The van der Waals surface area contributed by atoms with Crippen LogP contribution in [0.15, 0.2) is 17.8 Å². The van der Waals surface area contributed by atoms with E-state index in [1.807, 2.05) is 16.0 Å². The molecule has 1 aliphatic heterocycles. The molecule has 120 valence electrons. The summed E-state index contributed by atoms with van der Waals surface area (Å²) >= 11 is 2.91. The molecule has 10 heteroatoms. The Morgan fingerprint density at radius 1 is 1.48 bits per heavy atom. The van der Waals surface area contributed by atoms with Gasteiger partial charge in [0.2, 0.25) is 5.13 Å². The number of aromatic nitrogens is 4. The molecule has 1 aliphatic rings. The summed E-state index contributed by atoms with van der Waals surface area (Å²) in [6, 6.07) is -0.315. The Balaban J connectivity index is 1.34. The van der Waals surface area contributed by atoms with E-state index in [1.165, 1.54) is 11.3 Å². The molecule has 3 aromatic rings. The standard InChI is InChI=1S/C13H14N6O2S2/c20-11(14-6-8-7-15-13-19(8)3-5-22-13)16-12-18-17-10(23-12)9-2-1-4-21-9/h3,5,7,9H,1-2,4,6H2,(H2,14,16,18,20). The third-order valence-electron chi connectivity index (χ3n) is 3.52. The topological polar surface area (TPSA) is 93.4 Å². The third-order valence-corrected chi connectivity index (χ3v) is 5.22. The van der Waals surface area contributed by atoms with Crippen LogP contribution in [0.2, 0.25) is 0 Å². The number of urea groups is 1. The molecule has 4 heterocycles. The van der Waals surface area contributed by atoms with Crippen molar-refractivity contribution in [2.24, 2.45) is 0 Å². The highest BCUT2D eigenvalue weighted by molar-refractivity contribution is 7.15. The molecule has 1 atom stereocenters. The second kappa shape index (κ2) is 6.22. The maximum atomic E-state index is 12.0. The Bertz CT molecular complexity index is 819. The van der Waals surface area contributed by atoms with Crippen molar-refractivity contribution in [1.82, 2.24) is 24.9 Å². The van der Waals surface area contributed by atoms with E-state index in [0.717, 1.165) is 35.1 Å². The number of ether oxygens (including phenoxy) is 1. The van der Waals surface area contributed by atoms with Crippen LogP contribution >= 0.6 is 22.7 Å². The summed E-state index contributed by atoms with van der Waals surface area (Å²) in [5, 5.41) is 16.8. The number of imidazole rings is 1. The SMILES string of the molecule is O=C(NCc1cnc2sccn12)Nc1nnc(C2CCCO2)s1. The van der Waals surface area contributed by atoms with Gasteiger partial charge in [-0.3, -0.25) is 9.72 Å². The van der Waals surface area contributed by atoms with Crippen molar-refractivity contribution in [3.63, 3.8) is 0 Å². The summed E-state index contributed by atoms with van der Waals surface area (Å²) in [7, 11) is 0. The third kappa shape index (κ3) is 3.05. The molecule has 0 aliphatic carbocycles. The number of rotatable bonds is 4. The van der Waals surface area contributed by atoms with Crippen molar-refractivity contribution < 1.29 is 9.53 Å². The molecule has 23 heavy (non-hydrogen) atoms. The zero-order valence-corrected chi connectivity index (χ0v) is 13.7. The highest BCUT2D eigenvalue weighted by Crippen LogP contribution is 2.31. The van der Waals surface area contributed by atoms with Gasteiger partial charge in [0.15, 0.2) is 4.96 Å². The van der Waals surface area contributed by atoms with Crippen molar-refractivity contribution in [3.8, 4) is 0 Å². The van der Waals surface area contributed by atoms with Crippen LogP contribution in [-0.2, 0) is 11.3 Å². The van der Waals surface area contributed by atoms with Gasteiger partial charge in [-0.2, -0.15) is 0 Å². The van der Waals surface area contributed by atoms with Gasteiger partial charge in [-0.25, -0.2) is 9.78 Å². The van der Waals surface area contributed by atoms with Gasteiger partial charge in [-0.15, -0.1) is 21.5 Å². The average molecular weight is 350 g/mol. The number of anilines is 1. The number of fused-ring (bicyclic) bond motifs is 1. The van der Waals surface area contributed by atoms with E-state index >= 15 is 0 Å². The molecular formula is C13H14N6O2S2. The molecule has 8 nitrogen and oxygen atoms in total. The largest absolute Gasteiger partial charge is 0.371 e. The number of amides is 2. The van der Waals surface area contributed by atoms with E-state index in [0.29, 0.717) is 11.7 Å². The molecule has 0 aromatic carbocycles. The molecule has 4 rings (SSSR count). The molecule has 1 saturated heterocycles. The first-order valence-corrected chi connectivity index (χ1v) is 8.88. The van der Waals surface area contributed by atoms with Crippen molar-refractivity contribution in [2.45, 2.75) is 25.5 Å². The summed E-state index contributed by atoms with van der Waals surface area (Å²) in [5.74, 6) is 0. The number of carbonyl (C=O) groups excluding carboxylic acids is 1. The second-order valence-corrected chi connectivity index (χ2v) is 6.94. The molecular weight excluding hydrogens is 336 g/mol. The lowest BCUT2D eigenvalue weighted by molar-refractivity contribution is 0.111. The lowest BCUT2D eigenvalue weighted by atomic mass is 10.2. The summed E-state index contributed by atoms with van der Waals surface area (Å²) < 4.78 is 7.51. The number of hydrogen-bond donors (Lipinski definition) is 2. The van der Waals surface area contributed by atoms with E-state index in [1.54, 1.807) is 17.5 Å². The molecule has 1 unspecified atom stereocenters. The maximum Gasteiger partial charge on any atom is 0.321 e. The zero-order valence-electron chi connectivity index (χ0n) is 12.1. The second-order valence-electron chi connectivity index (χ2n) is 5.06. The van der Waals surface area contributed by atoms with Gasteiger partial charge < -0.3 is 10.1 Å². The predicted octanol–water partition coefficient (Wildman–Crippen LogP) is 2.42. The van der Waals surface area contributed by atoms with Crippen LogP contribution in [0, 0.1) is 0 Å². The first-order valence-electron chi connectivity index (χ1n) is 7.19. The van der Waals surface area contributed by atoms with Gasteiger partial charge in [-0.05, 0) is 12.8 Å². The number of nitrogens with zero attached hydrogens (tertiary/aromatic N) is 4. The molecule has 2 N–H and O–H groups in total. The minimum absolute atomic E-state index is 0.0183. The molecule has 3 aromatic heterocycles. The van der Waals surface area contributed by atoms with Crippen LogP contribution < -0.4 is 10.6 Å². The molecule has 0 radical (unpaired) electrons. The van der Waals surface area contributed by atoms with Gasteiger partial charge >= 0.3 is 6.03 Å². The highest BCUT2D eigenvalue weighted by atomic mass is 32.1. The van der Waals surface area contributed by atoms with Gasteiger partial charge in [0.05, 0.1) is 18.4 Å². The van der Waals surface area contributed by atoms with Crippen molar-refractivity contribution >= 4 is 38.8 Å². The van der Waals surface area contributed by atoms with Gasteiger partial charge in [0.1, 0.15) is 11.1 Å². The highest BCUT2D eigenvalue weighted by Gasteiger charge is 2.22. The fraction of sp³-hybridized carbons (Fsp3) is 0.385. The van der Waals surface area contributed by atoms with Crippen LogP contribution in [0.3, 0.4) is 0 Å². The van der Waals surface area contributed by atoms with Crippen LogP contribution in [0.25, 0.3) is 4.96 Å². The quantitative estimate of drug-likeness (QED) is 0.754. The first kappa shape index (κ1) is 14.5. The van der Waals surface area contributed by atoms with Gasteiger partial charge in [-0.1, -0.05) is 11.3 Å². The number of nitrogens with one attached hydrogen (secondary N) is 2. The fourth-order valence-corrected chi connectivity index (χ4v) is 3.94. The molecule has 0 bridgehead atoms. The lowest BCUT2D eigenvalue weighted by Gasteiger charge is -2.04. The summed E-state index contributed by atoms with van der Waals surface area (Å²) in [5.41, 5.74) is 0.925. The number of thiazole rings is 1. The van der Waals surface area contributed by atoms with E-state index in [4.69, 9.17) is 4.74 Å². The number of hydrogen-bond acceptors (Lipinski definition) is 7. The minimum Gasteiger partial charge on any atom is -0.371 e. The van der Waals surface area contributed by atoms with Crippen molar-refractivity contribution in [3.05, 3.63) is 28.5 Å². The number of carbonyl (C=O) groups is 1. The molecule has 1 fully saturated rings. The summed E-state index contributed by atoms with van der Waals surface area (Å²) in [6.07, 6.45) is 5.70. The smallest absolute Gasteiger partial charge is 0.321 e. The molecule has 0 saturated carbocycles. The molecule has 2 amide bonds. The monoisotopic (exact) mass is 350 g/mol. The fourth-order valence-electron chi connectivity index (χ4n) is 2.41. The Hall–Kier alpha value is -2.04. The van der Waals surface area contributed by atoms with E-state index < -0.39 is 0 Å². The Kier molecular flexibility index (Phi) is 3.93. The van der Waals surface area contributed by atoms with Crippen LogP contribution in [0.5, 0.6) is 0 Å². The minimum atomic E-state index is -0.315. The Morgan fingerprint density at radius 2 is 2.43 bits per heavy atom. The van der Waals surface area contributed by atoms with E-state index in [-0.39, 0.29) is 12.1 Å². The van der Waals surface area contributed by atoms with Gasteiger partial charge in [0.25, 0.3) is 0 Å². The van der Waals surface area contributed by atoms with Gasteiger partial charge in [0, 0.05) is 18.2 Å². The average Bonchev–Trinajstić information content (AvgIpc) is 3.29. The van der Waals surface area contributed by atoms with Crippen molar-refractivity contribution in [2.75, 3.05) is 11.9 Å². The Labute approximate surface area is 139 Å². The molecule has 0 spiro atoms. The van der Waals surface area contributed by atoms with Crippen LogP contribution in [0.1, 0.15) is 29.6 Å². The summed E-state index contributed by atoms with van der Waals surface area (Å²) in [4.78, 5) is 17.1. The van der Waals surface area contributed by atoms with Crippen LogP contribution in [-0.4, -0.2) is 32.2 Å². The van der Waals surface area contributed by atoms with E-state index in [2.05, 4.69) is 25.8 Å². The van der Waals surface area contributed by atoms with Crippen LogP contribution in [0.4, 0.5) is 9.93 Å². The zero-order chi connectivity index (χ0) is 15.6.